The Labute approximate surface area is 308 Å². The van der Waals surface area contributed by atoms with Crippen molar-refractivity contribution in [1.82, 2.24) is 15.5 Å². The smallest absolute Gasteiger partial charge is 0.407 e. The molecule has 1 aliphatic heterocycles. The van der Waals surface area contributed by atoms with Gasteiger partial charge in [-0.15, -0.1) is 13.2 Å². The summed E-state index contributed by atoms with van der Waals surface area (Å²) in [7, 11) is 0. The van der Waals surface area contributed by atoms with E-state index in [1.807, 2.05) is 36.4 Å². The molecule has 3 amide bonds. The molecule has 1 saturated carbocycles. The number of hydrogen-bond acceptors (Lipinski definition) is 7. The standard InChI is InChI=1S/C42H55N3O7/c1-3-5-22-38(44-42(50)52-28-37-35-20-11-9-18-33(35)34-19-10-12-21-36(34)37)41(49)51-27-31(24-29-15-7-6-8-16-29)43-40(48)30(14-4-2)25-39(47)45-23-13-17-32(45)26-46/h3-4,9-12,18-21,29-32,37-38,46H,1-2,5-8,13-17,22-28H2,(H,43,48)(H,44,50). The van der Waals surface area contributed by atoms with Gasteiger partial charge in [0.15, 0.2) is 0 Å². The third-order valence-electron chi connectivity index (χ3n) is 10.8. The summed E-state index contributed by atoms with van der Waals surface area (Å²) < 4.78 is 11.5. The first-order valence-corrected chi connectivity index (χ1v) is 19.0. The molecule has 5 rings (SSSR count). The summed E-state index contributed by atoms with van der Waals surface area (Å²) in [6.07, 6.45) is 11.4. The largest absolute Gasteiger partial charge is 0.462 e. The Morgan fingerprint density at radius 3 is 2.23 bits per heavy atom. The summed E-state index contributed by atoms with van der Waals surface area (Å²) in [6, 6.07) is 14.5. The summed E-state index contributed by atoms with van der Waals surface area (Å²) in [5, 5.41) is 15.5. The highest BCUT2D eigenvalue weighted by atomic mass is 16.6. The Morgan fingerprint density at radius 1 is 0.885 bits per heavy atom. The fourth-order valence-electron chi connectivity index (χ4n) is 8.08. The van der Waals surface area contributed by atoms with Crippen molar-refractivity contribution in [2.75, 3.05) is 26.4 Å². The number of nitrogens with zero attached hydrogens (tertiary/aromatic N) is 1. The number of hydrogen-bond donors (Lipinski definition) is 3. The Kier molecular flexibility index (Phi) is 14.5. The van der Waals surface area contributed by atoms with Gasteiger partial charge in [-0.05, 0) is 66.7 Å². The van der Waals surface area contributed by atoms with E-state index in [1.165, 1.54) is 6.42 Å². The molecular weight excluding hydrogens is 658 g/mol. The highest BCUT2D eigenvalue weighted by Gasteiger charge is 2.33. The molecule has 2 aromatic rings. The van der Waals surface area contributed by atoms with E-state index >= 15 is 0 Å². The number of carbonyl (C=O) groups is 4. The second-order valence-corrected chi connectivity index (χ2v) is 14.5. The molecule has 2 fully saturated rings. The third kappa shape index (κ3) is 10.1. The highest BCUT2D eigenvalue weighted by Crippen LogP contribution is 2.44. The van der Waals surface area contributed by atoms with Crippen LogP contribution in [0.1, 0.15) is 94.1 Å². The van der Waals surface area contributed by atoms with Crippen LogP contribution in [0.15, 0.2) is 73.8 Å². The number of likely N-dealkylation sites (tertiary alicyclic amines) is 1. The predicted molar refractivity (Wildman–Crippen MR) is 200 cm³/mol. The van der Waals surface area contributed by atoms with Crippen molar-refractivity contribution in [3.8, 4) is 11.1 Å². The zero-order chi connectivity index (χ0) is 36.9. The molecule has 0 aromatic heterocycles. The molecule has 2 aliphatic carbocycles. The molecule has 3 N–H and O–H groups in total. The molecule has 4 unspecified atom stereocenters. The summed E-state index contributed by atoms with van der Waals surface area (Å²) in [5.41, 5.74) is 4.43. The molecule has 2 aromatic carbocycles. The van der Waals surface area contributed by atoms with Crippen molar-refractivity contribution in [3.63, 3.8) is 0 Å². The third-order valence-corrected chi connectivity index (χ3v) is 10.8. The minimum atomic E-state index is -0.967. The SMILES string of the molecule is C=CCCC(NC(=O)OCC1c2ccccc2-c2ccccc21)C(=O)OCC(CC1CCCCC1)NC(=O)C(CC=C)CC(=O)N1CCCC1CO. The van der Waals surface area contributed by atoms with E-state index in [9.17, 15) is 24.3 Å². The van der Waals surface area contributed by atoms with E-state index in [0.29, 0.717) is 31.7 Å². The molecule has 10 heteroatoms. The number of aliphatic hydroxyl groups excluding tert-OH is 1. The number of nitrogens with one attached hydrogen (secondary N) is 2. The van der Waals surface area contributed by atoms with Gasteiger partial charge >= 0.3 is 12.1 Å². The molecule has 10 nitrogen and oxygen atoms in total. The topological polar surface area (TPSA) is 134 Å². The number of carbonyl (C=O) groups excluding carboxylic acids is 4. The fourth-order valence-corrected chi connectivity index (χ4v) is 8.08. The molecule has 4 atom stereocenters. The Morgan fingerprint density at radius 2 is 1.58 bits per heavy atom. The molecule has 3 aliphatic rings. The Hall–Kier alpha value is -4.44. The number of allylic oxidation sites excluding steroid dienone is 2. The number of amides is 3. The van der Waals surface area contributed by atoms with Gasteiger partial charge in [-0.2, -0.15) is 0 Å². The zero-order valence-electron chi connectivity index (χ0n) is 30.3. The number of benzene rings is 2. The normalized spacial score (nSPS) is 18.7. The van der Waals surface area contributed by atoms with E-state index in [-0.39, 0.29) is 56.4 Å². The van der Waals surface area contributed by atoms with Gasteiger partial charge < -0.3 is 30.1 Å². The molecule has 0 spiro atoms. The summed E-state index contributed by atoms with van der Waals surface area (Å²) >= 11 is 0. The Bertz CT molecular complexity index is 1510. The number of alkyl carbamates (subject to hydrolysis) is 1. The number of esters is 1. The van der Waals surface area contributed by atoms with E-state index in [1.54, 1.807) is 17.1 Å². The lowest BCUT2D eigenvalue weighted by atomic mass is 9.84. The van der Waals surface area contributed by atoms with Gasteiger partial charge in [-0.25, -0.2) is 9.59 Å². The van der Waals surface area contributed by atoms with Crippen LogP contribution >= 0.6 is 0 Å². The van der Waals surface area contributed by atoms with E-state index in [2.05, 4.69) is 35.9 Å². The van der Waals surface area contributed by atoms with Crippen LogP contribution in [-0.4, -0.2) is 78.4 Å². The van der Waals surface area contributed by atoms with Crippen LogP contribution in [0.2, 0.25) is 0 Å². The lowest BCUT2D eigenvalue weighted by Gasteiger charge is -2.29. The number of ether oxygens (including phenoxy) is 2. The molecule has 0 radical (unpaired) electrons. The maximum atomic E-state index is 13.7. The van der Waals surface area contributed by atoms with Gasteiger partial charge in [-0.1, -0.05) is 92.8 Å². The van der Waals surface area contributed by atoms with Crippen LogP contribution in [-0.2, 0) is 23.9 Å². The maximum absolute atomic E-state index is 13.7. The van der Waals surface area contributed by atoms with Gasteiger partial charge in [-0.3, -0.25) is 9.59 Å². The van der Waals surface area contributed by atoms with Gasteiger partial charge in [0.25, 0.3) is 0 Å². The first-order chi connectivity index (χ1) is 25.3. The average Bonchev–Trinajstić information content (AvgIpc) is 3.77. The van der Waals surface area contributed by atoms with Gasteiger partial charge in [0, 0.05) is 18.9 Å². The summed E-state index contributed by atoms with van der Waals surface area (Å²) in [4.78, 5) is 55.2. The van der Waals surface area contributed by atoms with Gasteiger partial charge in [0.2, 0.25) is 11.8 Å². The van der Waals surface area contributed by atoms with Crippen LogP contribution in [0.5, 0.6) is 0 Å². The van der Waals surface area contributed by atoms with Crippen LogP contribution in [0, 0.1) is 11.8 Å². The number of rotatable bonds is 18. The summed E-state index contributed by atoms with van der Waals surface area (Å²) in [6.45, 7) is 8.11. The van der Waals surface area contributed by atoms with E-state index in [0.717, 1.165) is 60.8 Å². The van der Waals surface area contributed by atoms with Crippen molar-refractivity contribution in [2.24, 2.45) is 11.8 Å². The van der Waals surface area contributed by atoms with Crippen molar-refractivity contribution in [3.05, 3.63) is 85.0 Å². The lowest BCUT2D eigenvalue weighted by molar-refractivity contribution is -0.148. The van der Waals surface area contributed by atoms with Gasteiger partial charge in [0.05, 0.1) is 24.6 Å². The molecule has 1 heterocycles. The number of aliphatic hydroxyl groups is 1. The quantitative estimate of drug-likeness (QED) is 0.120. The van der Waals surface area contributed by atoms with E-state index < -0.39 is 30.1 Å². The van der Waals surface area contributed by atoms with Crippen molar-refractivity contribution < 1.29 is 33.8 Å². The highest BCUT2D eigenvalue weighted by molar-refractivity contribution is 5.86. The second-order valence-electron chi connectivity index (χ2n) is 14.5. The molecule has 52 heavy (non-hydrogen) atoms. The Balaban J connectivity index is 1.20. The van der Waals surface area contributed by atoms with Crippen LogP contribution < -0.4 is 10.6 Å². The fraction of sp³-hybridized carbons (Fsp3) is 0.524. The zero-order valence-corrected chi connectivity index (χ0v) is 30.3. The van der Waals surface area contributed by atoms with Gasteiger partial charge in [0.1, 0.15) is 19.3 Å². The second kappa shape index (κ2) is 19.4. The van der Waals surface area contributed by atoms with Crippen LogP contribution in [0.25, 0.3) is 11.1 Å². The predicted octanol–water partition coefficient (Wildman–Crippen LogP) is 6.42. The van der Waals surface area contributed by atoms with Crippen LogP contribution in [0.4, 0.5) is 4.79 Å². The van der Waals surface area contributed by atoms with Crippen molar-refractivity contribution in [1.29, 1.82) is 0 Å². The van der Waals surface area contributed by atoms with E-state index in [4.69, 9.17) is 9.47 Å². The monoisotopic (exact) mass is 713 g/mol. The van der Waals surface area contributed by atoms with Crippen molar-refractivity contribution in [2.45, 2.75) is 101 Å². The molecular formula is C42H55N3O7. The molecule has 1 saturated heterocycles. The van der Waals surface area contributed by atoms with Crippen molar-refractivity contribution >= 4 is 23.9 Å². The minimum Gasteiger partial charge on any atom is -0.462 e. The maximum Gasteiger partial charge on any atom is 0.407 e. The molecule has 280 valence electrons. The minimum absolute atomic E-state index is 0.0119. The molecule has 0 bridgehead atoms. The lowest BCUT2D eigenvalue weighted by Crippen LogP contribution is -2.47. The first-order valence-electron chi connectivity index (χ1n) is 19.0. The summed E-state index contributed by atoms with van der Waals surface area (Å²) in [5.74, 6) is -1.43. The number of fused-ring (bicyclic) bond motifs is 3. The first kappa shape index (κ1) is 38.8. The average molecular weight is 714 g/mol. The van der Waals surface area contributed by atoms with Crippen LogP contribution in [0.3, 0.4) is 0 Å².